The third-order valence-corrected chi connectivity index (χ3v) is 1.82. The molecule has 1 heteroatoms. The predicted molar refractivity (Wildman–Crippen MR) is 44.3 cm³/mol. The molecular weight excluding hydrogens is 136 g/mol. The molecule has 1 aliphatic heterocycles. The number of fused-ring (bicyclic) bond motifs is 1. The lowest BCUT2D eigenvalue weighted by Crippen LogP contribution is -1.99. The normalized spacial score (nSPS) is 20.6. The van der Waals surface area contributed by atoms with Gasteiger partial charge in [0.25, 0.3) is 0 Å². The van der Waals surface area contributed by atoms with Crippen LogP contribution in [0.4, 0.5) is 0 Å². The topological polar surface area (TPSA) is 9.23 Å². The van der Waals surface area contributed by atoms with Crippen molar-refractivity contribution in [2.45, 2.75) is 5.92 Å². The number of hydrogen-bond donors (Lipinski definition) is 0. The van der Waals surface area contributed by atoms with Crippen LogP contribution >= 0.6 is 0 Å². The summed E-state index contributed by atoms with van der Waals surface area (Å²) in [5, 5.41) is 0. The minimum Gasteiger partial charge on any atom is -0.465 e. The fourth-order valence-corrected chi connectivity index (χ4v) is 1.21. The Hall–Kier alpha value is -1.24. The molecule has 0 N–H and O–H groups in total. The second-order valence-electron chi connectivity index (χ2n) is 2.59. The number of rotatable bonds is 0. The van der Waals surface area contributed by atoms with Gasteiger partial charge in [0.05, 0.1) is 6.26 Å². The number of ether oxygens (including phenoxy) is 1. The molecule has 0 bridgehead atoms. The van der Waals surface area contributed by atoms with E-state index in [2.05, 4.69) is 6.92 Å². The minimum atomic E-state index is 0.236. The van der Waals surface area contributed by atoms with Gasteiger partial charge >= 0.3 is 0 Å². The molecule has 0 spiro atoms. The summed E-state index contributed by atoms with van der Waals surface area (Å²) in [4.78, 5) is 0. The van der Waals surface area contributed by atoms with E-state index in [0.29, 0.717) is 0 Å². The Labute approximate surface area is 66.3 Å². The molecule has 11 heavy (non-hydrogen) atoms. The average Bonchev–Trinajstić information content (AvgIpc) is 2.06. The van der Waals surface area contributed by atoms with E-state index in [0.717, 1.165) is 11.3 Å². The van der Waals surface area contributed by atoms with E-state index in [4.69, 9.17) is 4.74 Å². The lowest BCUT2D eigenvalue weighted by molar-refractivity contribution is 0.460. The van der Waals surface area contributed by atoms with Gasteiger partial charge in [-0.3, -0.25) is 0 Å². The van der Waals surface area contributed by atoms with Crippen molar-refractivity contribution in [1.82, 2.24) is 0 Å². The minimum absolute atomic E-state index is 0.236. The van der Waals surface area contributed by atoms with Crippen molar-refractivity contribution in [3.05, 3.63) is 49.1 Å². The third kappa shape index (κ3) is 1.03. The smallest absolute Gasteiger partial charge is 0.130 e. The quantitative estimate of drug-likeness (QED) is 0.545. The van der Waals surface area contributed by atoms with Crippen LogP contribution in [0.3, 0.4) is 0 Å². The zero-order valence-electron chi connectivity index (χ0n) is 6.16. The SMILES string of the molecule is [CH2]C1C=COc2ccccc21. The molecule has 0 amide bonds. The van der Waals surface area contributed by atoms with Crippen LogP contribution in [0.15, 0.2) is 36.6 Å². The molecule has 1 aromatic rings. The first kappa shape index (κ1) is 6.47. The summed E-state index contributed by atoms with van der Waals surface area (Å²) in [6.07, 6.45) is 3.64. The average molecular weight is 145 g/mol. The predicted octanol–water partition coefficient (Wildman–Crippen LogP) is 2.51. The first-order valence-corrected chi connectivity index (χ1v) is 3.63. The molecular formula is C10H9O. The third-order valence-electron chi connectivity index (χ3n) is 1.82. The molecule has 1 nitrogen and oxygen atoms in total. The Morgan fingerprint density at radius 3 is 2.91 bits per heavy atom. The van der Waals surface area contributed by atoms with Crippen LogP contribution in [0.1, 0.15) is 11.5 Å². The summed E-state index contributed by atoms with van der Waals surface area (Å²) in [7, 11) is 0. The molecule has 0 aliphatic carbocycles. The summed E-state index contributed by atoms with van der Waals surface area (Å²) in [6.45, 7) is 3.97. The number of para-hydroxylation sites is 1. The molecule has 1 heterocycles. The summed E-state index contributed by atoms with van der Waals surface area (Å²) in [5.74, 6) is 1.16. The highest BCUT2D eigenvalue weighted by molar-refractivity contribution is 5.41. The lowest BCUT2D eigenvalue weighted by Gasteiger charge is -2.16. The molecule has 2 rings (SSSR count). The van der Waals surface area contributed by atoms with Crippen molar-refractivity contribution >= 4 is 0 Å². The van der Waals surface area contributed by atoms with E-state index in [9.17, 15) is 0 Å². The second kappa shape index (κ2) is 2.42. The van der Waals surface area contributed by atoms with Gasteiger partial charge in [-0.25, -0.2) is 0 Å². The Morgan fingerprint density at radius 1 is 1.27 bits per heavy atom. The zero-order valence-corrected chi connectivity index (χ0v) is 6.16. The monoisotopic (exact) mass is 145 g/mol. The first-order valence-electron chi connectivity index (χ1n) is 3.63. The number of allylic oxidation sites excluding steroid dienone is 1. The Kier molecular flexibility index (Phi) is 1.42. The van der Waals surface area contributed by atoms with Crippen LogP contribution in [0.2, 0.25) is 0 Å². The molecule has 0 aromatic heterocycles. The van der Waals surface area contributed by atoms with Gasteiger partial charge in [0, 0.05) is 11.5 Å². The second-order valence-corrected chi connectivity index (χ2v) is 2.59. The van der Waals surface area contributed by atoms with Gasteiger partial charge in [0.15, 0.2) is 0 Å². The summed E-state index contributed by atoms with van der Waals surface area (Å²) < 4.78 is 5.27. The molecule has 1 aliphatic rings. The van der Waals surface area contributed by atoms with Crippen LogP contribution in [-0.4, -0.2) is 0 Å². The van der Waals surface area contributed by atoms with E-state index in [1.165, 1.54) is 0 Å². The molecule has 0 fully saturated rings. The molecule has 1 atom stereocenters. The Balaban J connectivity index is 2.50. The number of benzene rings is 1. The van der Waals surface area contributed by atoms with Gasteiger partial charge in [-0.2, -0.15) is 0 Å². The molecule has 1 radical (unpaired) electrons. The van der Waals surface area contributed by atoms with Crippen LogP contribution in [0, 0.1) is 6.92 Å². The van der Waals surface area contributed by atoms with Crippen molar-refractivity contribution in [2.75, 3.05) is 0 Å². The van der Waals surface area contributed by atoms with Crippen LogP contribution < -0.4 is 4.74 Å². The molecule has 1 aromatic carbocycles. The van der Waals surface area contributed by atoms with Gasteiger partial charge in [-0.05, 0) is 19.1 Å². The highest BCUT2D eigenvalue weighted by Crippen LogP contribution is 2.30. The highest BCUT2D eigenvalue weighted by atomic mass is 16.5. The van der Waals surface area contributed by atoms with Crippen LogP contribution in [0.25, 0.3) is 0 Å². The van der Waals surface area contributed by atoms with E-state index in [1.54, 1.807) is 6.26 Å². The van der Waals surface area contributed by atoms with Gasteiger partial charge in [-0.15, -0.1) is 0 Å². The maximum Gasteiger partial charge on any atom is 0.130 e. The number of hydrogen-bond acceptors (Lipinski definition) is 1. The van der Waals surface area contributed by atoms with E-state index < -0.39 is 0 Å². The zero-order chi connectivity index (χ0) is 7.68. The maximum absolute atomic E-state index is 5.27. The van der Waals surface area contributed by atoms with E-state index in [1.807, 2.05) is 30.3 Å². The molecule has 55 valence electrons. The Bertz CT molecular complexity index is 289. The fourth-order valence-electron chi connectivity index (χ4n) is 1.21. The van der Waals surface area contributed by atoms with Crippen LogP contribution in [0.5, 0.6) is 5.75 Å². The Morgan fingerprint density at radius 2 is 2.09 bits per heavy atom. The van der Waals surface area contributed by atoms with Crippen molar-refractivity contribution < 1.29 is 4.74 Å². The van der Waals surface area contributed by atoms with Crippen molar-refractivity contribution in [3.8, 4) is 5.75 Å². The van der Waals surface area contributed by atoms with Gasteiger partial charge in [0.1, 0.15) is 5.75 Å². The lowest BCUT2D eigenvalue weighted by atomic mass is 9.99. The van der Waals surface area contributed by atoms with Crippen molar-refractivity contribution in [3.63, 3.8) is 0 Å². The molecule has 0 saturated carbocycles. The van der Waals surface area contributed by atoms with Crippen molar-refractivity contribution in [2.24, 2.45) is 0 Å². The largest absolute Gasteiger partial charge is 0.465 e. The maximum atomic E-state index is 5.27. The van der Waals surface area contributed by atoms with Crippen LogP contribution in [-0.2, 0) is 0 Å². The summed E-state index contributed by atoms with van der Waals surface area (Å²) >= 11 is 0. The van der Waals surface area contributed by atoms with Gasteiger partial charge < -0.3 is 4.74 Å². The van der Waals surface area contributed by atoms with Crippen molar-refractivity contribution in [1.29, 1.82) is 0 Å². The summed E-state index contributed by atoms with van der Waals surface area (Å²) in [6, 6.07) is 7.96. The van der Waals surface area contributed by atoms with E-state index in [-0.39, 0.29) is 5.92 Å². The van der Waals surface area contributed by atoms with Gasteiger partial charge in [0.2, 0.25) is 0 Å². The molecule has 1 unspecified atom stereocenters. The van der Waals surface area contributed by atoms with Gasteiger partial charge in [-0.1, -0.05) is 18.2 Å². The fraction of sp³-hybridized carbons (Fsp3) is 0.100. The highest BCUT2D eigenvalue weighted by Gasteiger charge is 2.11. The summed E-state index contributed by atoms with van der Waals surface area (Å²) in [5.41, 5.74) is 1.16. The van der Waals surface area contributed by atoms with E-state index >= 15 is 0 Å². The first-order chi connectivity index (χ1) is 5.38. The molecule has 0 saturated heterocycles. The standard InChI is InChI=1S/C10H9O/c1-8-6-7-11-10-5-3-2-4-9(8)10/h2-8H,1H2.